The van der Waals surface area contributed by atoms with Gasteiger partial charge >= 0.3 is 0 Å². The molecule has 1 rings (SSSR count). The molecule has 5 nitrogen and oxygen atoms in total. The summed E-state index contributed by atoms with van der Waals surface area (Å²) in [5.74, 6) is 0.520. The Hall–Kier alpha value is -1.10. The lowest BCUT2D eigenvalue weighted by atomic mass is 9.94. The zero-order valence-electron chi connectivity index (χ0n) is 12.4. The second kappa shape index (κ2) is 6.89. The molecule has 0 aliphatic carbocycles. The SMILES string of the molecule is CCC(CCN)CCC(=O)N1CCNC(=O)C1(C)C. The van der Waals surface area contributed by atoms with Crippen LogP contribution in [0.4, 0.5) is 0 Å². The lowest BCUT2D eigenvalue weighted by Gasteiger charge is -2.41. The van der Waals surface area contributed by atoms with Crippen molar-refractivity contribution in [3.8, 4) is 0 Å². The van der Waals surface area contributed by atoms with Crippen LogP contribution in [0.1, 0.15) is 46.5 Å². The third kappa shape index (κ3) is 3.93. The van der Waals surface area contributed by atoms with E-state index in [-0.39, 0.29) is 11.8 Å². The van der Waals surface area contributed by atoms with Gasteiger partial charge in [0.1, 0.15) is 5.54 Å². The average molecular weight is 269 g/mol. The Morgan fingerprint density at radius 2 is 2.16 bits per heavy atom. The van der Waals surface area contributed by atoms with E-state index in [1.165, 1.54) is 0 Å². The molecule has 0 saturated carbocycles. The monoisotopic (exact) mass is 269 g/mol. The highest BCUT2D eigenvalue weighted by Gasteiger charge is 2.39. The number of carbonyl (C=O) groups is 2. The maximum Gasteiger partial charge on any atom is 0.245 e. The fraction of sp³-hybridized carbons (Fsp3) is 0.857. The molecular formula is C14H27N3O2. The summed E-state index contributed by atoms with van der Waals surface area (Å²) in [6.45, 7) is 7.56. The van der Waals surface area contributed by atoms with Gasteiger partial charge < -0.3 is 16.0 Å². The van der Waals surface area contributed by atoms with Gasteiger partial charge in [-0.15, -0.1) is 0 Å². The predicted octanol–water partition coefficient (Wildman–Crippen LogP) is 0.879. The van der Waals surface area contributed by atoms with E-state index in [1.54, 1.807) is 18.7 Å². The summed E-state index contributed by atoms with van der Waals surface area (Å²) in [6.07, 6.45) is 3.39. The molecule has 1 atom stereocenters. The third-order valence-corrected chi connectivity index (χ3v) is 4.07. The van der Waals surface area contributed by atoms with E-state index >= 15 is 0 Å². The van der Waals surface area contributed by atoms with Gasteiger partial charge in [-0.25, -0.2) is 0 Å². The van der Waals surface area contributed by atoms with Crippen molar-refractivity contribution in [2.45, 2.75) is 52.0 Å². The van der Waals surface area contributed by atoms with Gasteiger partial charge in [-0.3, -0.25) is 9.59 Å². The van der Waals surface area contributed by atoms with Gasteiger partial charge in [-0.05, 0) is 39.2 Å². The number of hydrogen-bond acceptors (Lipinski definition) is 3. The largest absolute Gasteiger partial charge is 0.352 e. The highest BCUT2D eigenvalue weighted by Crippen LogP contribution is 2.21. The van der Waals surface area contributed by atoms with Crippen molar-refractivity contribution in [2.24, 2.45) is 11.7 Å². The van der Waals surface area contributed by atoms with Crippen LogP contribution < -0.4 is 11.1 Å². The Morgan fingerprint density at radius 3 is 2.74 bits per heavy atom. The highest BCUT2D eigenvalue weighted by molar-refractivity contribution is 5.91. The number of nitrogens with one attached hydrogen (secondary N) is 1. The molecule has 1 aliphatic rings. The standard InChI is InChI=1S/C14H27N3O2/c1-4-11(7-8-15)5-6-12(18)17-10-9-16-13(19)14(17,2)3/h11H,4-10,15H2,1-3H3,(H,16,19). The molecule has 2 amide bonds. The molecule has 110 valence electrons. The minimum Gasteiger partial charge on any atom is -0.352 e. The lowest BCUT2D eigenvalue weighted by molar-refractivity contribution is -0.149. The van der Waals surface area contributed by atoms with Crippen LogP contribution in [0.15, 0.2) is 0 Å². The fourth-order valence-electron chi connectivity index (χ4n) is 2.59. The van der Waals surface area contributed by atoms with Crippen molar-refractivity contribution in [3.05, 3.63) is 0 Å². The number of nitrogens with zero attached hydrogens (tertiary/aromatic N) is 1. The number of rotatable bonds is 6. The van der Waals surface area contributed by atoms with Crippen molar-refractivity contribution in [1.29, 1.82) is 0 Å². The second-order valence-electron chi connectivity index (χ2n) is 5.75. The number of piperazine rings is 1. The number of amides is 2. The van der Waals surface area contributed by atoms with E-state index in [0.29, 0.717) is 32.0 Å². The quantitative estimate of drug-likeness (QED) is 0.751. The summed E-state index contributed by atoms with van der Waals surface area (Å²) in [5.41, 5.74) is 4.84. The summed E-state index contributed by atoms with van der Waals surface area (Å²) >= 11 is 0. The smallest absolute Gasteiger partial charge is 0.245 e. The number of nitrogens with two attached hydrogens (primary N) is 1. The fourth-order valence-corrected chi connectivity index (χ4v) is 2.59. The first-order valence-electron chi connectivity index (χ1n) is 7.22. The Labute approximate surface area is 115 Å². The van der Waals surface area contributed by atoms with Gasteiger partial charge in [-0.2, -0.15) is 0 Å². The molecule has 1 saturated heterocycles. The molecule has 1 heterocycles. The van der Waals surface area contributed by atoms with E-state index in [2.05, 4.69) is 12.2 Å². The van der Waals surface area contributed by atoms with E-state index in [9.17, 15) is 9.59 Å². The molecule has 1 fully saturated rings. The summed E-state index contributed by atoms with van der Waals surface area (Å²) in [6, 6.07) is 0. The van der Waals surface area contributed by atoms with Gasteiger partial charge in [0.25, 0.3) is 0 Å². The molecule has 0 aromatic heterocycles. The van der Waals surface area contributed by atoms with Crippen LogP contribution in [0.3, 0.4) is 0 Å². The Morgan fingerprint density at radius 1 is 1.47 bits per heavy atom. The molecule has 0 radical (unpaired) electrons. The molecule has 0 bridgehead atoms. The van der Waals surface area contributed by atoms with Gasteiger partial charge in [0, 0.05) is 19.5 Å². The summed E-state index contributed by atoms with van der Waals surface area (Å²) < 4.78 is 0. The normalized spacial score (nSPS) is 20.0. The summed E-state index contributed by atoms with van der Waals surface area (Å²) in [5, 5.41) is 2.80. The maximum absolute atomic E-state index is 12.3. The number of hydrogen-bond donors (Lipinski definition) is 2. The highest BCUT2D eigenvalue weighted by atomic mass is 16.2. The van der Waals surface area contributed by atoms with Crippen LogP contribution in [0, 0.1) is 5.92 Å². The Balaban J connectivity index is 2.55. The van der Waals surface area contributed by atoms with Gasteiger partial charge in [0.15, 0.2) is 0 Å². The summed E-state index contributed by atoms with van der Waals surface area (Å²) in [4.78, 5) is 25.8. The van der Waals surface area contributed by atoms with Crippen LogP contribution in [-0.2, 0) is 9.59 Å². The van der Waals surface area contributed by atoms with Gasteiger partial charge in [0.05, 0.1) is 0 Å². The van der Waals surface area contributed by atoms with E-state index in [4.69, 9.17) is 5.73 Å². The number of carbonyl (C=O) groups excluding carboxylic acids is 2. The first kappa shape index (κ1) is 16.0. The third-order valence-electron chi connectivity index (χ3n) is 4.07. The van der Waals surface area contributed by atoms with Crippen LogP contribution in [0.25, 0.3) is 0 Å². The zero-order valence-corrected chi connectivity index (χ0v) is 12.4. The van der Waals surface area contributed by atoms with Crippen molar-refractivity contribution in [2.75, 3.05) is 19.6 Å². The van der Waals surface area contributed by atoms with Gasteiger partial charge in [-0.1, -0.05) is 13.3 Å². The van der Waals surface area contributed by atoms with Gasteiger partial charge in [0.2, 0.25) is 11.8 Å². The van der Waals surface area contributed by atoms with E-state index in [0.717, 1.165) is 19.3 Å². The van der Waals surface area contributed by atoms with Crippen molar-refractivity contribution >= 4 is 11.8 Å². The molecule has 3 N–H and O–H groups in total. The van der Waals surface area contributed by atoms with Crippen molar-refractivity contribution in [3.63, 3.8) is 0 Å². The average Bonchev–Trinajstić information content (AvgIpc) is 2.37. The minimum absolute atomic E-state index is 0.0684. The zero-order chi connectivity index (χ0) is 14.5. The van der Waals surface area contributed by atoms with Crippen LogP contribution in [-0.4, -0.2) is 41.9 Å². The van der Waals surface area contributed by atoms with E-state index < -0.39 is 5.54 Å². The topological polar surface area (TPSA) is 75.4 Å². The molecule has 0 aromatic rings. The first-order valence-corrected chi connectivity index (χ1v) is 7.22. The maximum atomic E-state index is 12.3. The van der Waals surface area contributed by atoms with Crippen LogP contribution >= 0.6 is 0 Å². The van der Waals surface area contributed by atoms with Crippen molar-refractivity contribution in [1.82, 2.24) is 10.2 Å². The Kier molecular flexibility index (Phi) is 5.79. The second-order valence-corrected chi connectivity index (χ2v) is 5.75. The first-order chi connectivity index (χ1) is 8.93. The lowest BCUT2D eigenvalue weighted by Crippen LogP contribution is -2.63. The minimum atomic E-state index is -0.731. The van der Waals surface area contributed by atoms with E-state index in [1.807, 2.05) is 0 Å². The van der Waals surface area contributed by atoms with Crippen LogP contribution in [0.2, 0.25) is 0 Å². The predicted molar refractivity (Wildman–Crippen MR) is 75.5 cm³/mol. The molecule has 1 aliphatic heterocycles. The molecule has 19 heavy (non-hydrogen) atoms. The Bertz CT molecular complexity index is 329. The molecule has 0 spiro atoms. The summed E-state index contributed by atoms with van der Waals surface area (Å²) in [7, 11) is 0. The van der Waals surface area contributed by atoms with Crippen LogP contribution in [0.5, 0.6) is 0 Å². The molecule has 1 unspecified atom stereocenters. The molecule has 5 heteroatoms. The van der Waals surface area contributed by atoms with Crippen molar-refractivity contribution < 1.29 is 9.59 Å². The molecule has 0 aromatic carbocycles. The molecular weight excluding hydrogens is 242 g/mol.